The summed E-state index contributed by atoms with van der Waals surface area (Å²) in [5.41, 5.74) is 0. The number of allylic oxidation sites excluding steroid dienone is 2. The number of hydrogen-bond donors (Lipinski definition) is 4. The number of amides is 2. The number of carbonyl (C=O) groups is 2. The SMILES string of the molecule is CCCCCCCCC=CCCCCCCCC(=O)N[C@@H](CCNCl)C(=O)NCN1CCN(CNC)CC1. The van der Waals surface area contributed by atoms with Crippen molar-refractivity contribution in [3.63, 3.8) is 0 Å². The predicted molar refractivity (Wildman–Crippen MR) is 160 cm³/mol. The van der Waals surface area contributed by atoms with Gasteiger partial charge in [-0.15, -0.1) is 0 Å². The summed E-state index contributed by atoms with van der Waals surface area (Å²) in [4.78, 5) is 32.4. The van der Waals surface area contributed by atoms with E-state index in [0.717, 1.165) is 58.5 Å². The van der Waals surface area contributed by atoms with Gasteiger partial charge in [0.2, 0.25) is 11.8 Å². The molecule has 2 amide bonds. The summed E-state index contributed by atoms with van der Waals surface area (Å²) >= 11 is 5.62. The Balaban J connectivity index is 2.11. The molecule has 0 saturated carbocycles. The van der Waals surface area contributed by atoms with E-state index in [1.807, 2.05) is 7.05 Å². The van der Waals surface area contributed by atoms with Gasteiger partial charge in [-0.1, -0.05) is 70.4 Å². The Morgan fingerprint density at radius 2 is 1.37 bits per heavy atom. The van der Waals surface area contributed by atoms with Crippen LogP contribution in [0.5, 0.6) is 0 Å². The van der Waals surface area contributed by atoms with E-state index in [0.29, 0.717) is 26.1 Å². The smallest absolute Gasteiger partial charge is 0.243 e. The molecule has 0 aromatic rings. The number of piperazine rings is 1. The predicted octanol–water partition coefficient (Wildman–Crippen LogP) is 4.51. The summed E-state index contributed by atoms with van der Waals surface area (Å²) in [5, 5.41) is 9.09. The van der Waals surface area contributed by atoms with E-state index in [-0.39, 0.29) is 11.8 Å². The third-order valence-corrected chi connectivity index (χ3v) is 7.36. The van der Waals surface area contributed by atoms with Crippen molar-refractivity contribution in [2.24, 2.45) is 0 Å². The summed E-state index contributed by atoms with van der Waals surface area (Å²) in [6.07, 6.45) is 21.6. The standard InChI is InChI=1S/C29H57ClN6O2/c1-3-4-5-6-7-8-9-10-11-12-13-14-15-16-17-18-28(37)34-27(19-20-33-30)29(38)32-26-36-23-21-35(22-24-36)25-31-2/h10-11,27,31,33H,3-9,12-26H2,1-2H3,(H,32,38)(H,34,37)/t27-/m0/s1. The van der Waals surface area contributed by atoms with Gasteiger partial charge < -0.3 is 16.0 Å². The molecule has 9 heteroatoms. The van der Waals surface area contributed by atoms with Crippen LogP contribution in [0.4, 0.5) is 0 Å². The Bertz CT molecular complexity index is 614. The molecule has 1 heterocycles. The van der Waals surface area contributed by atoms with Gasteiger partial charge in [-0.25, -0.2) is 4.84 Å². The highest BCUT2D eigenvalue weighted by atomic mass is 35.5. The van der Waals surface area contributed by atoms with Crippen LogP contribution in [0.2, 0.25) is 0 Å². The Kier molecular flexibility index (Phi) is 22.8. The Morgan fingerprint density at radius 3 is 1.95 bits per heavy atom. The molecule has 1 atom stereocenters. The van der Waals surface area contributed by atoms with E-state index >= 15 is 0 Å². The van der Waals surface area contributed by atoms with Gasteiger partial charge in [0, 0.05) is 45.8 Å². The first-order chi connectivity index (χ1) is 18.6. The van der Waals surface area contributed by atoms with Crippen molar-refractivity contribution in [2.75, 3.05) is 53.1 Å². The molecule has 8 nitrogen and oxygen atoms in total. The number of unbranched alkanes of at least 4 members (excludes halogenated alkanes) is 11. The Hall–Kier alpha value is -1.19. The quantitative estimate of drug-likeness (QED) is 0.0794. The molecular weight excluding hydrogens is 500 g/mol. The second-order valence-corrected chi connectivity index (χ2v) is 10.8. The van der Waals surface area contributed by atoms with Crippen LogP contribution in [0.25, 0.3) is 0 Å². The maximum absolute atomic E-state index is 12.8. The van der Waals surface area contributed by atoms with Gasteiger partial charge in [0.15, 0.2) is 0 Å². The molecule has 0 aromatic carbocycles. The number of hydrogen-bond acceptors (Lipinski definition) is 6. The van der Waals surface area contributed by atoms with Gasteiger partial charge in [0.25, 0.3) is 0 Å². The Morgan fingerprint density at radius 1 is 0.816 bits per heavy atom. The van der Waals surface area contributed by atoms with Crippen molar-refractivity contribution in [3.05, 3.63) is 12.2 Å². The molecule has 0 aliphatic carbocycles. The zero-order chi connectivity index (χ0) is 27.7. The summed E-state index contributed by atoms with van der Waals surface area (Å²) < 4.78 is 0. The monoisotopic (exact) mass is 556 g/mol. The van der Waals surface area contributed by atoms with Crippen LogP contribution >= 0.6 is 11.8 Å². The van der Waals surface area contributed by atoms with Gasteiger partial charge in [0.1, 0.15) is 6.04 Å². The van der Waals surface area contributed by atoms with Crippen LogP contribution in [-0.4, -0.2) is 80.8 Å². The Labute approximate surface area is 238 Å². The fourth-order valence-electron chi connectivity index (χ4n) is 4.73. The van der Waals surface area contributed by atoms with Crippen molar-refractivity contribution < 1.29 is 9.59 Å². The molecule has 222 valence electrons. The zero-order valence-corrected chi connectivity index (χ0v) is 25.1. The molecule has 1 aliphatic rings. The number of rotatable bonds is 24. The van der Waals surface area contributed by atoms with E-state index in [1.54, 1.807) is 0 Å². The topological polar surface area (TPSA) is 88.7 Å². The molecule has 1 aliphatic heterocycles. The molecule has 0 bridgehead atoms. The lowest BCUT2D eigenvalue weighted by Crippen LogP contribution is -2.54. The van der Waals surface area contributed by atoms with Crippen LogP contribution in [0, 0.1) is 0 Å². The largest absolute Gasteiger partial charge is 0.344 e. The first-order valence-corrected chi connectivity index (χ1v) is 15.6. The third-order valence-electron chi connectivity index (χ3n) is 7.17. The van der Waals surface area contributed by atoms with E-state index in [4.69, 9.17) is 11.8 Å². The van der Waals surface area contributed by atoms with Gasteiger partial charge in [0.05, 0.1) is 6.67 Å². The van der Waals surface area contributed by atoms with E-state index < -0.39 is 6.04 Å². The number of nitrogens with zero attached hydrogens (tertiary/aromatic N) is 2. The van der Waals surface area contributed by atoms with Crippen molar-refractivity contribution in [1.82, 2.24) is 30.6 Å². The highest BCUT2D eigenvalue weighted by molar-refractivity contribution is 6.13. The second kappa shape index (κ2) is 24.8. The van der Waals surface area contributed by atoms with Crippen LogP contribution in [-0.2, 0) is 9.59 Å². The summed E-state index contributed by atoms with van der Waals surface area (Å²) in [6.45, 7) is 7.88. The van der Waals surface area contributed by atoms with Crippen molar-refractivity contribution in [3.8, 4) is 0 Å². The minimum atomic E-state index is -0.567. The minimum absolute atomic E-state index is 0.0574. The maximum atomic E-state index is 12.8. The average Bonchev–Trinajstić information content (AvgIpc) is 2.92. The van der Waals surface area contributed by atoms with Gasteiger partial charge >= 0.3 is 0 Å². The lowest BCUT2D eigenvalue weighted by Gasteiger charge is -2.34. The first-order valence-electron chi connectivity index (χ1n) is 15.3. The summed E-state index contributed by atoms with van der Waals surface area (Å²) in [7, 11) is 1.95. The van der Waals surface area contributed by atoms with Gasteiger partial charge in [-0.3, -0.25) is 19.4 Å². The highest BCUT2D eigenvalue weighted by Crippen LogP contribution is 2.10. The zero-order valence-electron chi connectivity index (χ0n) is 24.4. The van der Waals surface area contributed by atoms with Crippen molar-refractivity contribution in [2.45, 2.75) is 109 Å². The molecule has 1 saturated heterocycles. The fraction of sp³-hybridized carbons (Fsp3) is 0.862. The molecule has 4 N–H and O–H groups in total. The van der Waals surface area contributed by atoms with E-state index in [9.17, 15) is 9.59 Å². The number of nitrogens with one attached hydrogen (secondary N) is 4. The van der Waals surface area contributed by atoms with Crippen LogP contribution in [0.1, 0.15) is 103 Å². The molecule has 0 aromatic heterocycles. The first kappa shape index (κ1) is 34.8. The average molecular weight is 557 g/mol. The fourth-order valence-corrected chi connectivity index (χ4v) is 4.84. The molecule has 1 rings (SSSR count). The normalized spacial score (nSPS) is 15.7. The van der Waals surface area contributed by atoms with Crippen molar-refractivity contribution in [1.29, 1.82) is 0 Å². The lowest BCUT2D eigenvalue weighted by molar-refractivity contribution is -0.129. The highest BCUT2D eigenvalue weighted by Gasteiger charge is 2.22. The van der Waals surface area contributed by atoms with Gasteiger partial charge in [-0.2, -0.15) is 0 Å². The minimum Gasteiger partial charge on any atom is -0.344 e. The maximum Gasteiger partial charge on any atom is 0.243 e. The van der Waals surface area contributed by atoms with Crippen LogP contribution < -0.4 is 20.8 Å². The summed E-state index contributed by atoms with van der Waals surface area (Å²) in [5.74, 6) is -0.203. The molecule has 0 unspecified atom stereocenters. The van der Waals surface area contributed by atoms with Crippen molar-refractivity contribution >= 4 is 23.6 Å². The molecule has 38 heavy (non-hydrogen) atoms. The summed E-state index contributed by atoms with van der Waals surface area (Å²) in [6, 6.07) is -0.567. The van der Waals surface area contributed by atoms with E-state index in [2.05, 4.69) is 49.7 Å². The molecule has 0 spiro atoms. The molecule has 1 fully saturated rings. The number of halogens is 1. The second-order valence-electron chi connectivity index (χ2n) is 10.6. The van der Waals surface area contributed by atoms with Crippen LogP contribution in [0.3, 0.4) is 0 Å². The van der Waals surface area contributed by atoms with E-state index in [1.165, 1.54) is 57.8 Å². The molecule has 0 radical (unpaired) electrons. The van der Waals surface area contributed by atoms with Crippen LogP contribution in [0.15, 0.2) is 12.2 Å². The molecular formula is C29H57ClN6O2. The number of carbonyl (C=O) groups excluding carboxylic acids is 2. The van der Waals surface area contributed by atoms with Gasteiger partial charge in [-0.05, 0) is 57.3 Å². The lowest BCUT2D eigenvalue weighted by atomic mass is 10.1. The third kappa shape index (κ3) is 19.0.